The highest BCUT2D eigenvalue weighted by Crippen LogP contribution is 2.22. The molecule has 0 heterocycles. The molecule has 1 rings (SSSR count). The number of nitrogen functional groups attached to an aromatic ring is 1. The molecule has 0 aromatic heterocycles. The minimum Gasteiger partial charge on any atom is -0.398 e. The normalized spacial score (nSPS) is 12.1. The minimum atomic E-state index is -4.19. The average molecular weight is 281 g/mol. The Bertz CT molecular complexity index is 393. The summed E-state index contributed by atoms with van der Waals surface area (Å²) in [4.78, 5) is 1.35. The van der Waals surface area contributed by atoms with Crippen LogP contribution in [0.2, 0.25) is 5.02 Å². The Kier molecular flexibility index (Phi) is 5.28. The molecule has 0 amide bonds. The first kappa shape index (κ1) is 15.1. The topological polar surface area (TPSA) is 29.3 Å². The van der Waals surface area contributed by atoms with Crippen molar-refractivity contribution < 1.29 is 13.2 Å². The third-order valence-electron chi connectivity index (χ3n) is 2.41. The minimum absolute atomic E-state index is 0.217. The number of hydrogen-bond donors (Lipinski definition) is 1. The van der Waals surface area contributed by atoms with Crippen molar-refractivity contribution in [1.29, 1.82) is 0 Å². The number of rotatable bonds is 5. The van der Waals surface area contributed by atoms with Gasteiger partial charge in [-0.3, -0.25) is 4.90 Å². The van der Waals surface area contributed by atoms with Gasteiger partial charge in [0.2, 0.25) is 0 Å². The molecule has 0 fully saturated rings. The molecule has 0 unspecified atom stereocenters. The lowest BCUT2D eigenvalue weighted by Crippen LogP contribution is -2.34. The Labute approximate surface area is 110 Å². The molecule has 0 saturated carbocycles. The summed E-state index contributed by atoms with van der Waals surface area (Å²) in [5, 5.41) is 0.414. The summed E-state index contributed by atoms with van der Waals surface area (Å²) in [6.45, 7) is 1.54. The van der Waals surface area contributed by atoms with Gasteiger partial charge in [0.1, 0.15) is 0 Å². The fourth-order valence-electron chi connectivity index (χ4n) is 1.73. The van der Waals surface area contributed by atoms with Crippen LogP contribution in [0.4, 0.5) is 18.9 Å². The second-order valence-corrected chi connectivity index (χ2v) is 4.59. The third-order valence-corrected chi connectivity index (χ3v) is 2.75. The maximum atomic E-state index is 12.4. The standard InChI is InChI=1S/C12H16ClF3N2/c1-2-5-18(8-12(14,15)16)7-9-3-4-10(13)11(17)6-9/h3-4,6H,2,5,7-8,17H2,1H3. The molecule has 0 atom stereocenters. The van der Waals surface area contributed by atoms with Crippen molar-refractivity contribution >= 4 is 17.3 Å². The average Bonchev–Trinajstić information content (AvgIpc) is 2.21. The van der Waals surface area contributed by atoms with E-state index in [0.717, 1.165) is 5.56 Å². The molecule has 0 bridgehead atoms. The van der Waals surface area contributed by atoms with E-state index in [-0.39, 0.29) is 6.54 Å². The lowest BCUT2D eigenvalue weighted by atomic mass is 10.2. The molecule has 2 nitrogen and oxygen atoms in total. The Morgan fingerprint density at radius 2 is 2.00 bits per heavy atom. The highest BCUT2D eigenvalue weighted by Gasteiger charge is 2.30. The van der Waals surface area contributed by atoms with Crippen LogP contribution < -0.4 is 5.73 Å². The summed E-state index contributed by atoms with van der Waals surface area (Å²) in [6, 6.07) is 4.91. The first-order valence-corrected chi connectivity index (χ1v) is 6.02. The second kappa shape index (κ2) is 6.29. The molecule has 6 heteroatoms. The third kappa shape index (κ3) is 5.14. The van der Waals surface area contributed by atoms with Gasteiger partial charge in [0.25, 0.3) is 0 Å². The number of alkyl halides is 3. The number of hydrogen-bond acceptors (Lipinski definition) is 2. The SMILES string of the molecule is CCCN(Cc1ccc(Cl)c(N)c1)CC(F)(F)F. The number of benzene rings is 1. The highest BCUT2D eigenvalue weighted by molar-refractivity contribution is 6.33. The molecule has 18 heavy (non-hydrogen) atoms. The van der Waals surface area contributed by atoms with Crippen LogP contribution >= 0.6 is 11.6 Å². The lowest BCUT2D eigenvalue weighted by molar-refractivity contribution is -0.147. The summed E-state index contributed by atoms with van der Waals surface area (Å²) in [5.74, 6) is 0. The van der Waals surface area contributed by atoms with Gasteiger partial charge in [-0.05, 0) is 30.7 Å². The Balaban J connectivity index is 2.73. The fraction of sp³-hybridized carbons (Fsp3) is 0.500. The molecule has 2 N–H and O–H groups in total. The molecule has 1 aromatic carbocycles. The molecule has 0 aliphatic rings. The zero-order chi connectivity index (χ0) is 13.8. The molecule has 102 valence electrons. The van der Waals surface area contributed by atoms with Gasteiger partial charge in [0, 0.05) is 6.54 Å². The van der Waals surface area contributed by atoms with E-state index in [9.17, 15) is 13.2 Å². The van der Waals surface area contributed by atoms with Gasteiger partial charge in [0.05, 0.1) is 17.3 Å². The Hall–Kier alpha value is -0.940. The van der Waals surface area contributed by atoms with E-state index in [1.807, 2.05) is 6.92 Å². The van der Waals surface area contributed by atoms with Crippen molar-refractivity contribution in [3.05, 3.63) is 28.8 Å². The first-order valence-electron chi connectivity index (χ1n) is 5.65. The van der Waals surface area contributed by atoms with Crippen LogP contribution in [0.5, 0.6) is 0 Å². The zero-order valence-corrected chi connectivity index (χ0v) is 10.9. The van der Waals surface area contributed by atoms with Gasteiger partial charge in [-0.15, -0.1) is 0 Å². The van der Waals surface area contributed by atoms with E-state index >= 15 is 0 Å². The Morgan fingerprint density at radius 3 is 2.50 bits per heavy atom. The quantitative estimate of drug-likeness (QED) is 0.834. The van der Waals surface area contributed by atoms with Crippen molar-refractivity contribution in [3.63, 3.8) is 0 Å². The van der Waals surface area contributed by atoms with Crippen LogP contribution in [0.25, 0.3) is 0 Å². The van der Waals surface area contributed by atoms with Crippen LogP contribution in [0.1, 0.15) is 18.9 Å². The predicted octanol–water partition coefficient (Wildman–Crippen LogP) is 3.70. The molecule has 0 spiro atoms. The molecule has 0 aliphatic carbocycles. The predicted molar refractivity (Wildman–Crippen MR) is 67.5 cm³/mol. The fourth-order valence-corrected chi connectivity index (χ4v) is 1.85. The number of halogens is 4. The molecular weight excluding hydrogens is 265 g/mol. The zero-order valence-electron chi connectivity index (χ0n) is 10.1. The van der Waals surface area contributed by atoms with E-state index in [1.54, 1.807) is 18.2 Å². The summed E-state index contributed by atoms with van der Waals surface area (Å²) >= 11 is 5.77. The Morgan fingerprint density at radius 1 is 1.33 bits per heavy atom. The highest BCUT2D eigenvalue weighted by atomic mass is 35.5. The smallest absolute Gasteiger partial charge is 0.398 e. The van der Waals surface area contributed by atoms with Crippen LogP contribution in [0, 0.1) is 0 Å². The molecule has 0 aliphatic heterocycles. The first-order chi connectivity index (χ1) is 8.31. The van der Waals surface area contributed by atoms with Crippen LogP contribution in [-0.2, 0) is 6.54 Å². The van der Waals surface area contributed by atoms with Gasteiger partial charge in [-0.1, -0.05) is 24.6 Å². The van der Waals surface area contributed by atoms with Gasteiger partial charge in [-0.25, -0.2) is 0 Å². The van der Waals surface area contributed by atoms with Gasteiger partial charge >= 0.3 is 6.18 Å². The van der Waals surface area contributed by atoms with Crippen molar-refractivity contribution in [1.82, 2.24) is 4.90 Å². The largest absolute Gasteiger partial charge is 0.401 e. The maximum Gasteiger partial charge on any atom is 0.401 e. The molecule has 1 aromatic rings. The number of nitrogens with zero attached hydrogens (tertiary/aromatic N) is 1. The van der Waals surface area contributed by atoms with Crippen molar-refractivity contribution in [2.75, 3.05) is 18.8 Å². The van der Waals surface area contributed by atoms with Crippen LogP contribution in [0.3, 0.4) is 0 Å². The van der Waals surface area contributed by atoms with Crippen molar-refractivity contribution in [2.45, 2.75) is 26.1 Å². The number of anilines is 1. The van der Waals surface area contributed by atoms with Crippen molar-refractivity contribution in [2.24, 2.45) is 0 Å². The molecule has 0 radical (unpaired) electrons. The summed E-state index contributed by atoms with van der Waals surface area (Å²) in [7, 11) is 0. The second-order valence-electron chi connectivity index (χ2n) is 4.18. The van der Waals surface area contributed by atoms with E-state index in [0.29, 0.717) is 23.7 Å². The molecule has 0 saturated heterocycles. The van der Waals surface area contributed by atoms with E-state index in [4.69, 9.17) is 17.3 Å². The van der Waals surface area contributed by atoms with Crippen molar-refractivity contribution in [3.8, 4) is 0 Å². The monoisotopic (exact) mass is 280 g/mol. The van der Waals surface area contributed by atoms with Gasteiger partial charge < -0.3 is 5.73 Å². The van der Waals surface area contributed by atoms with E-state index in [2.05, 4.69) is 0 Å². The lowest BCUT2D eigenvalue weighted by Gasteiger charge is -2.23. The van der Waals surface area contributed by atoms with Gasteiger partial charge in [0.15, 0.2) is 0 Å². The molecular formula is C12H16ClF3N2. The van der Waals surface area contributed by atoms with Crippen LogP contribution in [-0.4, -0.2) is 24.2 Å². The maximum absolute atomic E-state index is 12.4. The van der Waals surface area contributed by atoms with Crippen LogP contribution in [0.15, 0.2) is 18.2 Å². The van der Waals surface area contributed by atoms with Gasteiger partial charge in [-0.2, -0.15) is 13.2 Å². The van der Waals surface area contributed by atoms with E-state index in [1.165, 1.54) is 4.90 Å². The summed E-state index contributed by atoms with van der Waals surface area (Å²) in [6.07, 6.45) is -3.52. The summed E-state index contributed by atoms with van der Waals surface area (Å²) in [5.41, 5.74) is 6.74. The van der Waals surface area contributed by atoms with E-state index < -0.39 is 12.7 Å². The summed E-state index contributed by atoms with van der Waals surface area (Å²) < 4.78 is 37.2. The number of nitrogens with two attached hydrogens (primary N) is 1.